The second-order valence-electron chi connectivity index (χ2n) is 4.22. The first kappa shape index (κ1) is 14.3. The third-order valence-electron chi connectivity index (χ3n) is 2.95. The van der Waals surface area contributed by atoms with Crippen LogP contribution in [0.3, 0.4) is 0 Å². The molecule has 0 unspecified atom stereocenters. The number of carboxylic acid groups (broad SMARTS) is 1. The Morgan fingerprint density at radius 1 is 1.45 bits per heavy atom. The van der Waals surface area contributed by atoms with E-state index in [0.29, 0.717) is 31.2 Å². The number of anilines is 1. The number of nitrogens with zero attached hydrogens (tertiary/aromatic N) is 3. The molecule has 2 rings (SSSR count). The van der Waals surface area contributed by atoms with Crippen LogP contribution in [0.15, 0.2) is 24.4 Å². The summed E-state index contributed by atoms with van der Waals surface area (Å²) in [4.78, 5) is 17.6. The number of hydrogen-bond donors (Lipinski definition) is 2. The molecule has 0 aliphatic heterocycles. The van der Waals surface area contributed by atoms with Crippen molar-refractivity contribution in [3.63, 3.8) is 0 Å². The third kappa shape index (κ3) is 2.73. The summed E-state index contributed by atoms with van der Waals surface area (Å²) in [6.45, 7) is 1.10. The Labute approximate surface area is 116 Å². The Balaban J connectivity index is 2.49. The number of carbonyl (C=O) groups is 1. The van der Waals surface area contributed by atoms with Crippen LogP contribution in [0.2, 0.25) is 0 Å². The number of aliphatic hydroxyl groups is 1. The first-order valence-electron chi connectivity index (χ1n) is 6.24. The number of aromatic carboxylic acids is 1. The quantitative estimate of drug-likeness (QED) is 0.766. The van der Waals surface area contributed by atoms with Gasteiger partial charge in [-0.3, -0.25) is 4.40 Å². The van der Waals surface area contributed by atoms with E-state index in [1.165, 1.54) is 4.40 Å². The molecule has 20 heavy (non-hydrogen) atoms. The van der Waals surface area contributed by atoms with E-state index in [4.69, 9.17) is 9.84 Å². The van der Waals surface area contributed by atoms with Crippen LogP contribution in [0.25, 0.3) is 5.65 Å². The number of rotatable bonds is 7. The highest BCUT2D eigenvalue weighted by molar-refractivity contribution is 5.93. The van der Waals surface area contributed by atoms with Gasteiger partial charge in [-0.1, -0.05) is 6.07 Å². The van der Waals surface area contributed by atoms with E-state index < -0.39 is 5.97 Å². The van der Waals surface area contributed by atoms with Gasteiger partial charge < -0.3 is 19.8 Å². The maximum atomic E-state index is 11.5. The summed E-state index contributed by atoms with van der Waals surface area (Å²) >= 11 is 0. The minimum atomic E-state index is -1.06. The summed E-state index contributed by atoms with van der Waals surface area (Å²) in [5.74, 6) is -0.714. The molecule has 0 aliphatic carbocycles. The molecule has 0 aromatic carbocycles. The first-order chi connectivity index (χ1) is 9.69. The number of aliphatic hydroxyl groups excluding tert-OH is 1. The molecule has 0 atom stereocenters. The Morgan fingerprint density at radius 2 is 2.25 bits per heavy atom. The summed E-state index contributed by atoms with van der Waals surface area (Å²) in [6, 6.07) is 5.28. The van der Waals surface area contributed by atoms with Crippen molar-refractivity contribution >= 4 is 17.4 Å². The molecule has 2 aromatic rings. The second-order valence-corrected chi connectivity index (χ2v) is 4.22. The Kier molecular flexibility index (Phi) is 4.54. The molecule has 0 radical (unpaired) electrons. The van der Waals surface area contributed by atoms with Crippen molar-refractivity contribution < 1.29 is 19.7 Å². The zero-order valence-corrected chi connectivity index (χ0v) is 11.2. The van der Waals surface area contributed by atoms with Crippen LogP contribution >= 0.6 is 0 Å². The van der Waals surface area contributed by atoms with Crippen molar-refractivity contribution in [2.24, 2.45) is 0 Å². The maximum Gasteiger partial charge on any atom is 0.356 e. The molecule has 7 nitrogen and oxygen atoms in total. The fourth-order valence-electron chi connectivity index (χ4n) is 2.05. The van der Waals surface area contributed by atoms with Gasteiger partial charge in [0.05, 0.1) is 13.2 Å². The number of pyridine rings is 1. The number of carboxylic acids is 1. The largest absolute Gasteiger partial charge is 0.476 e. The lowest BCUT2D eigenvalue weighted by atomic mass is 10.3. The summed E-state index contributed by atoms with van der Waals surface area (Å²) in [5, 5.41) is 18.6. The summed E-state index contributed by atoms with van der Waals surface area (Å²) in [5.41, 5.74) is 0.644. The zero-order valence-electron chi connectivity index (χ0n) is 11.2. The van der Waals surface area contributed by atoms with Gasteiger partial charge in [0.15, 0.2) is 11.5 Å². The van der Waals surface area contributed by atoms with Gasteiger partial charge in [-0.25, -0.2) is 9.78 Å². The van der Waals surface area contributed by atoms with Crippen LogP contribution in [-0.2, 0) is 4.74 Å². The number of hydrogen-bond acceptors (Lipinski definition) is 5. The van der Waals surface area contributed by atoms with Crippen molar-refractivity contribution in [3.05, 3.63) is 30.1 Å². The van der Waals surface area contributed by atoms with Gasteiger partial charge in [0.1, 0.15) is 5.65 Å². The molecule has 7 heteroatoms. The maximum absolute atomic E-state index is 11.5. The van der Waals surface area contributed by atoms with E-state index in [-0.39, 0.29) is 12.3 Å². The van der Waals surface area contributed by atoms with Gasteiger partial charge in [0.25, 0.3) is 0 Å². The van der Waals surface area contributed by atoms with Crippen molar-refractivity contribution in [2.75, 3.05) is 38.3 Å². The molecule has 0 spiro atoms. The average Bonchev–Trinajstić information content (AvgIpc) is 2.82. The fraction of sp³-hybridized carbons (Fsp3) is 0.385. The SMILES string of the molecule is COCCN(CCO)c1nc2ccccn2c1C(=O)O. The minimum absolute atomic E-state index is 0.0867. The van der Waals surface area contributed by atoms with E-state index >= 15 is 0 Å². The van der Waals surface area contributed by atoms with E-state index in [1.807, 2.05) is 0 Å². The lowest BCUT2D eigenvalue weighted by Crippen LogP contribution is -2.31. The molecule has 0 aliphatic rings. The lowest BCUT2D eigenvalue weighted by molar-refractivity contribution is 0.0689. The van der Waals surface area contributed by atoms with Gasteiger partial charge in [-0.2, -0.15) is 0 Å². The summed E-state index contributed by atoms with van der Waals surface area (Å²) in [6.07, 6.45) is 1.66. The van der Waals surface area contributed by atoms with Crippen LogP contribution in [0.5, 0.6) is 0 Å². The Bertz CT molecular complexity index is 596. The van der Waals surface area contributed by atoms with Gasteiger partial charge in [0, 0.05) is 26.4 Å². The van der Waals surface area contributed by atoms with Crippen molar-refractivity contribution in [1.29, 1.82) is 0 Å². The molecule has 0 saturated heterocycles. The van der Waals surface area contributed by atoms with E-state index in [1.54, 1.807) is 36.4 Å². The molecule has 2 N–H and O–H groups in total. The minimum Gasteiger partial charge on any atom is -0.476 e. The predicted molar refractivity (Wildman–Crippen MR) is 73.3 cm³/mol. The molecule has 108 valence electrons. The number of imidazole rings is 1. The molecule has 0 bridgehead atoms. The van der Waals surface area contributed by atoms with E-state index in [2.05, 4.69) is 4.98 Å². The van der Waals surface area contributed by atoms with Gasteiger partial charge in [-0.15, -0.1) is 0 Å². The Hall–Kier alpha value is -2.12. The zero-order chi connectivity index (χ0) is 14.5. The van der Waals surface area contributed by atoms with E-state index in [9.17, 15) is 9.90 Å². The highest BCUT2D eigenvalue weighted by atomic mass is 16.5. The standard InChI is InChI=1S/C13H17N3O4/c1-20-9-7-15(6-8-17)12-11(13(18)19)16-5-3-2-4-10(16)14-12/h2-5,17H,6-9H2,1H3,(H,18,19). The fourth-order valence-corrected chi connectivity index (χ4v) is 2.05. The summed E-state index contributed by atoms with van der Waals surface area (Å²) in [7, 11) is 1.57. The number of ether oxygens (including phenoxy) is 1. The molecule has 0 fully saturated rings. The van der Waals surface area contributed by atoms with Crippen LogP contribution in [-0.4, -0.2) is 59.0 Å². The molecule has 0 amide bonds. The monoisotopic (exact) mass is 279 g/mol. The highest BCUT2D eigenvalue weighted by Crippen LogP contribution is 2.21. The van der Waals surface area contributed by atoms with Crippen LogP contribution in [0.1, 0.15) is 10.5 Å². The van der Waals surface area contributed by atoms with Crippen LogP contribution in [0, 0.1) is 0 Å². The number of methoxy groups -OCH3 is 1. The highest BCUT2D eigenvalue weighted by Gasteiger charge is 2.22. The van der Waals surface area contributed by atoms with Crippen molar-refractivity contribution in [1.82, 2.24) is 9.38 Å². The van der Waals surface area contributed by atoms with Crippen LogP contribution < -0.4 is 4.90 Å². The van der Waals surface area contributed by atoms with Gasteiger partial charge in [0.2, 0.25) is 0 Å². The molecular weight excluding hydrogens is 262 g/mol. The van der Waals surface area contributed by atoms with Crippen molar-refractivity contribution in [3.8, 4) is 0 Å². The normalized spacial score (nSPS) is 10.9. The molecule has 2 aromatic heterocycles. The third-order valence-corrected chi connectivity index (χ3v) is 2.95. The lowest BCUT2D eigenvalue weighted by Gasteiger charge is -2.21. The topological polar surface area (TPSA) is 87.3 Å². The smallest absolute Gasteiger partial charge is 0.356 e. The molecule has 2 heterocycles. The van der Waals surface area contributed by atoms with Gasteiger partial charge in [-0.05, 0) is 12.1 Å². The molecule has 0 saturated carbocycles. The second kappa shape index (κ2) is 6.36. The average molecular weight is 279 g/mol. The van der Waals surface area contributed by atoms with E-state index in [0.717, 1.165) is 0 Å². The number of aromatic nitrogens is 2. The first-order valence-corrected chi connectivity index (χ1v) is 6.24. The number of fused-ring (bicyclic) bond motifs is 1. The molecular formula is C13H17N3O4. The predicted octanol–water partition coefficient (Wildman–Crippen LogP) is 0.478. The summed E-state index contributed by atoms with van der Waals surface area (Å²) < 4.78 is 6.53. The van der Waals surface area contributed by atoms with Crippen molar-refractivity contribution in [2.45, 2.75) is 0 Å². The van der Waals surface area contributed by atoms with Gasteiger partial charge >= 0.3 is 5.97 Å². The Morgan fingerprint density at radius 3 is 2.90 bits per heavy atom. The van der Waals surface area contributed by atoms with Crippen LogP contribution in [0.4, 0.5) is 5.82 Å².